The van der Waals surface area contributed by atoms with E-state index in [1.165, 1.54) is 11.3 Å². The molecule has 0 saturated carbocycles. The van der Waals surface area contributed by atoms with Crippen LogP contribution in [0.15, 0.2) is 12.3 Å². The maximum absolute atomic E-state index is 10.4. The number of carboxylic acids is 1. The maximum Gasteiger partial charge on any atom is 0.303 e. The van der Waals surface area contributed by atoms with E-state index in [9.17, 15) is 4.79 Å². The van der Waals surface area contributed by atoms with Crippen molar-refractivity contribution in [2.75, 3.05) is 5.73 Å². The summed E-state index contributed by atoms with van der Waals surface area (Å²) < 4.78 is 1.07. The fraction of sp³-hybridized carbons (Fsp3) is 0.222. The van der Waals surface area contributed by atoms with Crippen LogP contribution in [0.1, 0.15) is 12.0 Å². The zero-order valence-electron chi connectivity index (χ0n) is 7.41. The van der Waals surface area contributed by atoms with Gasteiger partial charge >= 0.3 is 5.97 Å². The van der Waals surface area contributed by atoms with E-state index in [0.717, 1.165) is 20.8 Å². The molecule has 0 aliphatic rings. The second-order valence-corrected chi connectivity index (χ2v) is 4.18. The molecular formula is C9H10N2O2S. The first-order valence-corrected chi connectivity index (χ1v) is 5.05. The third kappa shape index (κ3) is 1.58. The normalized spacial score (nSPS) is 10.9. The Hall–Kier alpha value is -1.49. The van der Waals surface area contributed by atoms with Crippen molar-refractivity contribution in [3.8, 4) is 0 Å². The monoisotopic (exact) mass is 210 g/mol. The van der Waals surface area contributed by atoms with Gasteiger partial charge in [0.2, 0.25) is 0 Å². The third-order valence-electron chi connectivity index (χ3n) is 2.05. The van der Waals surface area contributed by atoms with E-state index < -0.39 is 5.97 Å². The minimum Gasteiger partial charge on any atom is -0.481 e. The topological polar surface area (TPSA) is 79.1 Å². The molecule has 4 N–H and O–H groups in total. The van der Waals surface area contributed by atoms with Gasteiger partial charge in [0.05, 0.1) is 15.2 Å². The molecule has 74 valence electrons. The van der Waals surface area contributed by atoms with E-state index in [4.69, 9.17) is 10.8 Å². The van der Waals surface area contributed by atoms with Gasteiger partial charge in [-0.2, -0.15) is 0 Å². The van der Waals surface area contributed by atoms with Gasteiger partial charge in [0, 0.05) is 12.6 Å². The SMILES string of the molecule is Nc1cc2[nH]cc(CCC(=O)O)c2s1. The fourth-order valence-electron chi connectivity index (χ4n) is 1.41. The number of nitrogen functional groups attached to an aromatic ring is 1. The van der Waals surface area contributed by atoms with Crippen molar-refractivity contribution in [1.82, 2.24) is 4.98 Å². The van der Waals surface area contributed by atoms with E-state index in [1.54, 1.807) is 0 Å². The zero-order chi connectivity index (χ0) is 10.1. The number of thiophene rings is 1. The molecule has 0 amide bonds. The van der Waals surface area contributed by atoms with E-state index in [2.05, 4.69) is 4.98 Å². The van der Waals surface area contributed by atoms with Gasteiger partial charge in [-0.3, -0.25) is 4.79 Å². The van der Waals surface area contributed by atoms with Crippen LogP contribution in [-0.2, 0) is 11.2 Å². The fourth-order valence-corrected chi connectivity index (χ4v) is 2.35. The van der Waals surface area contributed by atoms with Crippen LogP contribution in [-0.4, -0.2) is 16.1 Å². The van der Waals surface area contributed by atoms with Gasteiger partial charge in [-0.15, -0.1) is 11.3 Å². The van der Waals surface area contributed by atoms with Crippen LogP contribution in [0.2, 0.25) is 0 Å². The number of aromatic amines is 1. The van der Waals surface area contributed by atoms with Crippen molar-refractivity contribution in [2.45, 2.75) is 12.8 Å². The van der Waals surface area contributed by atoms with Gasteiger partial charge in [0.15, 0.2) is 0 Å². The summed E-state index contributed by atoms with van der Waals surface area (Å²) in [7, 11) is 0. The van der Waals surface area contributed by atoms with Gasteiger partial charge in [-0.25, -0.2) is 0 Å². The van der Waals surface area contributed by atoms with Crippen molar-refractivity contribution in [3.63, 3.8) is 0 Å². The predicted octanol–water partition coefficient (Wildman–Crippen LogP) is 1.83. The molecule has 0 saturated heterocycles. The molecule has 0 radical (unpaired) electrons. The van der Waals surface area contributed by atoms with Crippen LogP contribution in [0, 0.1) is 0 Å². The predicted molar refractivity (Wildman–Crippen MR) is 56.5 cm³/mol. The molecule has 0 aliphatic heterocycles. The highest BCUT2D eigenvalue weighted by atomic mass is 32.1. The summed E-state index contributed by atoms with van der Waals surface area (Å²) in [6.45, 7) is 0. The maximum atomic E-state index is 10.4. The van der Waals surface area contributed by atoms with Crippen LogP contribution < -0.4 is 5.73 Å². The molecule has 0 aliphatic carbocycles. The second kappa shape index (κ2) is 3.34. The highest BCUT2D eigenvalue weighted by Crippen LogP contribution is 2.30. The van der Waals surface area contributed by atoms with E-state index in [-0.39, 0.29) is 6.42 Å². The quantitative estimate of drug-likeness (QED) is 0.723. The van der Waals surface area contributed by atoms with Crippen LogP contribution in [0.5, 0.6) is 0 Å². The van der Waals surface area contributed by atoms with E-state index in [0.29, 0.717) is 6.42 Å². The largest absolute Gasteiger partial charge is 0.481 e. The lowest BCUT2D eigenvalue weighted by molar-refractivity contribution is -0.136. The molecule has 0 fully saturated rings. The molecule has 2 heterocycles. The number of fused-ring (bicyclic) bond motifs is 1. The number of H-pyrrole nitrogens is 1. The average molecular weight is 210 g/mol. The Morgan fingerprint density at radius 2 is 2.43 bits per heavy atom. The Balaban J connectivity index is 2.28. The summed E-state index contributed by atoms with van der Waals surface area (Å²) in [5.74, 6) is -0.774. The lowest BCUT2D eigenvalue weighted by atomic mass is 10.2. The van der Waals surface area contributed by atoms with Crippen LogP contribution >= 0.6 is 11.3 Å². The molecule has 5 heteroatoms. The standard InChI is InChI=1S/C9H10N2O2S/c10-7-3-6-9(14-7)5(4-11-6)1-2-8(12)13/h3-4,11H,1-2,10H2,(H,12,13). The smallest absolute Gasteiger partial charge is 0.303 e. The van der Waals surface area contributed by atoms with Gasteiger partial charge in [-0.05, 0) is 18.1 Å². The Labute approximate surface area is 84.4 Å². The first-order valence-electron chi connectivity index (χ1n) is 4.24. The molecule has 4 nitrogen and oxygen atoms in total. The molecule has 0 unspecified atom stereocenters. The molecule has 0 spiro atoms. The second-order valence-electron chi connectivity index (χ2n) is 3.10. The van der Waals surface area contributed by atoms with Crippen LogP contribution in [0.3, 0.4) is 0 Å². The van der Waals surface area contributed by atoms with E-state index in [1.807, 2.05) is 12.3 Å². The van der Waals surface area contributed by atoms with Crippen molar-refractivity contribution in [2.24, 2.45) is 0 Å². The van der Waals surface area contributed by atoms with E-state index >= 15 is 0 Å². The minimum atomic E-state index is -0.774. The summed E-state index contributed by atoms with van der Waals surface area (Å²) in [6, 6.07) is 1.87. The van der Waals surface area contributed by atoms with Gasteiger partial charge in [0.1, 0.15) is 0 Å². The average Bonchev–Trinajstić information content (AvgIpc) is 2.60. The number of carboxylic acid groups (broad SMARTS) is 1. The highest BCUT2D eigenvalue weighted by Gasteiger charge is 2.08. The van der Waals surface area contributed by atoms with Gasteiger partial charge < -0.3 is 15.8 Å². The van der Waals surface area contributed by atoms with Crippen LogP contribution in [0.25, 0.3) is 10.2 Å². The lowest BCUT2D eigenvalue weighted by Crippen LogP contribution is -1.96. The minimum absolute atomic E-state index is 0.157. The summed E-state index contributed by atoms with van der Waals surface area (Å²) in [6.07, 6.45) is 2.56. The zero-order valence-corrected chi connectivity index (χ0v) is 8.23. The number of hydrogen-bond acceptors (Lipinski definition) is 3. The number of nitrogens with one attached hydrogen (secondary N) is 1. The van der Waals surface area contributed by atoms with Gasteiger partial charge in [0.25, 0.3) is 0 Å². The number of aryl methyl sites for hydroxylation is 1. The Morgan fingerprint density at radius 3 is 3.14 bits per heavy atom. The number of nitrogens with two attached hydrogens (primary N) is 1. The number of carbonyl (C=O) groups is 1. The molecule has 14 heavy (non-hydrogen) atoms. The first-order chi connectivity index (χ1) is 6.66. The number of hydrogen-bond donors (Lipinski definition) is 3. The molecule has 2 rings (SSSR count). The number of anilines is 1. The molecule has 2 aromatic heterocycles. The lowest BCUT2D eigenvalue weighted by Gasteiger charge is -1.92. The molecule has 0 aromatic carbocycles. The molecule has 2 aromatic rings. The summed E-state index contributed by atoms with van der Waals surface area (Å²) in [5.41, 5.74) is 7.67. The number of aliphatic carboxylic acids is 1. The Kier molecular flexibility index (Phi) is 2.17. The Morgan fingerprint density at radius 1 is 1.64 bits per heavy atom. The summed E-state index contributed by atoms with van der Waals surface area (Å²) in [4.78, 5) is 13.5. The third-order valence-corrected chi connectivity index (χ3v) is 3.09. The highest BCUT2D eigenvalue weighted by molar-refractivity contribution is 7.22. The van der Waals surface area contributed by atoms with Crippen molar-refractivity contribution in [1.29, 1.82) is 0 Å². The first kappa shape index (κ1) is 9.08. The van der Waals surface area contributed by atoms with Gasteiger partial charge in [-0.1, -0.05) is 0 Å². The number of aromatic nitrogens is 1. The van der Waals surface area contributed by atoms with Crippen LogP contribution in [0.4, 0.5) is 5.00 Å². The molecule has 0 bridgehead atoms. The summed E-state index contributed by atoms with van der Waals surface area (Å²) in [5, 5.41) is 9.31. The van der Waals surface area contributed by atoms with Crippen molar-refractivity contribution in [3.05, 3.63) is 17.8 Å². The summed E-state index contributed by atoms with van der Waals surface area (Å²) >= 11 is 1.49. The molecular weight excluding hydrogens is 200 g/mol. The number of rotatable bonds is 3. The Bertz CT molecular complexity index is 472. The van der Waals surface area contributed by atoms with Crippen molar-refractivity contribution < 1.29 is 9.90 Å². The van der Waals surface area contributed by atoms with Crippen molar-refractivity contribution >= 4 is 32.5 Å². The molecule has 0 atom stereocenters.